The van der Waals surface area contributed by atoms with Gasteiger partial charge in [-0.15, -0.1) is 0 Å². The number of hydrogen-bond acceptors (Lipinski definition) is 1. The van der Waals surface area contributed by atoms with Gasteiger partial charge in [0.25, 0.3) is 0 Å². The smallest absolute Gasteiger partial charge is 0.227 e. The molecule has 2 nitrogen and oxygen atoms in total. The Morgan fingerprint density at radius 3 is 2.44 bits per heavy atom. The van der Waals surface area contributed by atoms with Crippen molar-refractivity contribution in [2.45, 2.75) is 19.3 Å². The lowest BCUT2D eigenvalue weighted by molar-refractivity contribution is -0.130. The minimum absolute atomic E-state index is 0.235. The number of amides is 1. The van der Waals surface area contributed by atoms with Crippen LogP contribution in [0.25, 0.3) is 0 Å². The second-order valence-corrected chi connectivity index (χ2v) is 4.29. The first-order valence-corrected chi connectivity index (χ1v) is 5.74. The molecule has 84 valence electrons. The number of benzene rings is 1. The molecule has 1 aromatic carbocycles. The van der Waals surface area contributed by atoms with Crippen LogP contribution in [-0.4, -0.2) is 23.9 Å². The lowest BCUT2D eigenvalue weighted by Crippen LogP contribution is -2.37. The van der Waals surface area contributed by atoms with Crippen molar-refractivity contribution in [2.75, 3.05) is 13.1 Å². The number of nitrogens with zero attached hydrogens (tertiary/aromatic N) is 1. The van der Waals surface area contributed by atoms with Crippen LogP contribution in [0, 0.1) is 0 Å². The maximum absolute atomic E-state index is 12.0. The van der Waals surface area contributed by atoms with Crippen LogP contribution in [0.15, 0.2) is 42.5 Å². The van der Waals surface area contributed by atoms with Gasteiger partial charge in [-0.05, 0) is 18.4 Å². The first-order chi connectivity index (χ1) is 7.75. The largest absolute Gasteiger partial charge is 0.342 e. The maximum atomic E-state index is 12.0. The minimum atomic E-state index is 0.235. The van der Waals surface area contributed by atoms with E-state index in [2.05, 4.69) is 6.58 Å². The zero-order chi connectivity index (χ0) is 11.4. The maximum Gasteiger partial charge on any atom is 0.227 e. The Morgan fingerprint density at radius 2 is 1.81 bits per heavy atom. The summed E-state index contributed by atoms with van der Waals surface area (Å²) in [5.74, 6) is 0.235. The first-order valence-electron chi connectivity index (χ1n) is 5.74. The summed E-state index contributed by atoms with van der Waals surface area (Å²) in [7, 11) is 0. The van der Waals surface area contributed by atoms with Gasteiger partial charge in [-0.3, -0.25) is 4.79 Å². The molecule has 1 aliphatic heterocycles. The van der Waals surface area contributed by atoms with Gasteiger partial charge in [-0.2, -0.15) is 0 Å². The lowest BCUT2D eigenvalue weighted by Gasteiger charge is -2.28. The summed E-state index contributed by atoms with van der Waals surface area (Å²) in [6.07, 6.45) is 2.44. The molecule has 0 aromatic heterocycles. The van der Waals surface area contributed by atoms with Gasteiger partial charge < -0.3 is 4.90 Å². The average molecular weight is 215 g/mol. The Labute approximate surface area is 96.6 Å². The lowest BCUT2D eigenvalue weighted by atomic mass is 10.0. The van der Waals surface area contributed by atoms with Crippen LogP contribution in [0.2, 0.25) is 0 Å². The SMILES string of the molecule is C=C1CCN(C(=O)Cc2ccccc2)CC1. The zero-order valence-corrected chi connectivity index (χ0v) is 9.48. The van der Waals surface area contributed by atoms with Crippen LogP contribution < -0.4 is 0 Å². The number of likely N-dealkylation sites (tertiary alicyclic amines) is 1. The molecule has 16 heavy (non-hydrogen) atoms. The molecule has 0 N–H and O–H groups in total. The number of piperidine rings is 1. The molecule has 0 aliphatic carbocycles. The third kappa shape index (κ3) is 2.72. The Hall–Kier alpha value is -1.57. The molecule has 1 aromatic rings. The highest BCUT2D eigenvalue weighted by Crippen LogP contribution is 2.15. The van der Waals surface area contributed by atoms with Crippen LogP contribution in [0.4, 0.5) is 0 Å². The summed E-state index contributed by atoms with van der Waals surface area (Å²) < 4.78 is 0. The fraction of sp³-hybridized carbons (Fsp3) is 0.357. The van der Waals surface area contributed by atoms with Crippen molar-refractivity contribution in [3.63, 3.8) is 0 Å². The zero-order valence-electron chi connectivity index (χ0n) is 9.48. The van der Waals surface area contributed by atoms with Crippen molar-refractivity contribution in [3.8, 4) is 0 Å². The fourth-order valence-electron chi connectivity index (χ4n) is 1.95. The fourth-order valence-corrected chi connectivity index (χ4v) is 1.95. The van der Waals surface area contributed by atoms with Crippen LogP contribution in [0.3, 0.4) is 0 Å². The number of carbonyl (C=O) groups is 1. The average Bonchev–Trinajstić information content (AvgIpc) is 2.31. The Kier molecular flexibility index (Phi) is 3.40. The van der Waals surface area contributed by atoms with Crippen LogP contribution in [-0.2, 0) is 11.2 Å². The minimum Gasteiger partial charge on any atom is -0.342 e. The predicted molar refractivity (Wildman–Crippen MR) is 65.1 cm³/mol. The van der Waals surface area contributed by atoms with Gasteiger partial charge in [-0.25, -0.2) is 0 Å². The van der Waals surface area contributed by atoms with Gasteiger partial charge in [0.1, 0.15) is 0 Å². The van der Waals surface area contributed by atoms with Gasteiger partial charge in [0.2, 0.25) is 5.91 Å². The molecular formula is C14H17NO. The summed E-state index contributed by atoms with van der Waals surface area (Å²) in [4.78, 5) is 13.9. The summed E-state index contributed by atoms with van der Waals surface area (Å²) in [6.45, 7) is 5.63. The molecule has 1 fully saturated rings. The van der Waals surface area contributed by atoms with Crippen molar-refractivity contribution >= 4 is 5.91 Å². The van der Waals surface area contributed by atoms with Crippen molar-refractivity contribution < 1.29 is 4.79 Å². The molecule has 0 saturated carbocycles. The molecule has 0 atom stereocenters. The van der Waals surface area contributed by atoms with E-state index in [-0.39, 0.29) is 5.91 Å². The van der Waals surface area contributed by atoms with E-state index < -0.39 is 0 Å². The highest BCUT2D eigenvalue weighted by molar-refractivity contribution is 5.78. The molecule has 0 spiro atoms. The van der Waals surface area contributed by atoms with Crippen LogP contribution in [0.5, 0.6) is 0 Å². The summed E-state index contributed by atoms with van der Waals surface area (Å²) in [6, 6.07) is 9.92. The van der Waals surface area contributed by atoms with E-state index in [0.717, 1.165) is 31.5 Å². The topological polar surface area (TPSA) is 20.3 Å². The molecule has 0 bridgehead atoms. The molecule has 0 unspecified atom stereocenters. The second-order valence-electron chi connectivity index (χ2n) is 4.29. The van der Waals surface area contributed by atoms with E-state index in [9.17, 15) is 4.79 Å². The first kappa shape index (κ1) is 10.9. The van der Waals surface area contributed by atoms with E-state index >= 15 is 0 Å². The van der Waals surface area contributed by atoms with Crippen LogP contribution in [0.1, 0.15) is 18.4 Å². The van der Waals surface area contributed by atoms with Crippen molar-refractivity contribution in [2.24, 2.45) is 0 Å². The van der Waals surface area contributed by atoms with Crippen molar-refractivity contribution in [1.82, 2.24) is 4.90 Å². The van der Waals surface area contributed by atoms with E-state index in [0.29, 0.717) is 6.42 Å². The van der Waals surface area contributed by atoms with Gasteiger partial charge in [0, 0.05) is 13.1 Å². The molecular weight excluding hydrogens is 198 g/mol. The third-order valence-corrected chi connectivity index (χ3v) is 3.02. The summed E-state index contributed by atoms with van der Waals surface area (Å²) in [5, 5.41) is 0. The van der Waals surface area contributed by atoms with E-state index in [1.54, 1.807) is 0 Å². The Morgan fingerprint density at radius 1 is 1.19 bits per heavy atom. The number of rotatable bonds is 2. The standard InChI is InChI=1S/C14H17NO/c1-12-7-9-15(10-8-12)14(16)11-13-5-3-2-4-6-13/h2-6H,1,7-11H2. The summed E-state index contributed by atoms with van der Waals surface area (Å²) in [5.41, 5.74) is 2.36. The molecule has 1 aliphatic rings. The summed E-state index contributed by atoms with van der Waals surface area (Å²) >= 11 is 0. The van der Waals surface area contributed by atoms with Crippen molar-refractivity contribution in [1.29, 1.82) is 0 Å². The van der Waals surface area contributed by atoms with E-state index in [1.165, 1.54) is 5.57 Å². The molecule has 2 rings (SSSR count). The predicted octanol–water partition coefficient (Wildman–Crippen LogP) is 2.41. The Balaban J connectivity index is 1.91. The highest BCUT2D eigenvalue weighted by Gasteiger charge is 2.17. The quantitative estimate of drug-likeness (QED) is 0.694. The molecule has 1 heterocycles. The second kappa shape index (κ2) is 4.97. The molecule has 2 heteroatoms. The van der Waals surface area contributed by atoms with Crippen molar-refractivity contribution in [3.05, 3.63) is 48.0 Å². The normalized spacial score (nSPS) is 16.2. The molecule has 1 saturated heterocycles. The third-order valence-electron chi connectivity index (χ3n) is 3.02. The molecule has 1 amide bonds. The molecule has 0 radical (unpaired) electrons. The highest BCUT2D eigenvalue weighted by atomic mass is 16.2. The Bertz CT molecular complexity index is 373. The van der Waals surface area contributed by atoms with Gasteiger partial charge >= 0.3 is 0 Å². The monoisotopic (exact) mass is 215 g/mol. The van der Waals surface area contributed by atoms with Crippen LogP contribution >= 0.6 is 0 Å². The van der Waals surface area contributed by atoms with Gasteiger partial charge in [0.05, 0.1) is 6.42 Å². The van der Waals surface area contributed by atoms with Gasteiger partial charge in [0.15, 0.2) is 0 Å². The van der Waals surface area contributed by atoms with E-state index in [1.807, 2.05) is 35.2 Å². The van der Waals surface area contributed by atoms with E-state index in [4.69, 9.17) is 0 Å². The van der Waals surface area contributed by atoms with Gasteiger partial charge in [-0.1, -0.05) is 42.5 Å². The number of hydrogen-bond donors (Lipinski definition) is 0. The number of carbonyl (C=O) groups excluding carboxylic acids is 1.